The molecule has 6 heteroatoms. The predicted molar refractivity (Wildman–Crippen MR) is 76.7 cm³/mol. The lowest BCUT2D eigenvalue weighted by Gasteiger charge is -2.29. The first-order chi connectivity index (χ1) is 8.97. The summed E-state index contributed by atoms with van der Waals surface area (Å²) < 4.78 is 6.58. The maximum Gasteiger partial charge on any atom is 0.337 e. The van der Waals surface area contributed by atoms with Crippen LogP contribution in [0.4, 0.5) is 5.69 Å². The van der Waals surface area contributed by atoms with Crippen molar-refractivity contribution in [2.24, 2.45) is 0 Å². The van der Waals surface area contributed by atoms with Gasteiger partial charge >= 0.3 is 5.97 Å². The summed E-state index contributed by atoms with van der Waals surface area (Å²) in [5.41, 5.74) is 5.98. The monoisotopic (exact) mass is 328 g/mol. The van der Waals surface area contributed by atoms with Crippen LogP contribution in [0.15, 0.2) is 16.6 Å². The first-order valence-electron chi connectivity index (χ1n) is 6.15. The second kappa shape index (κ2) is 5.79. The van der Waals surface area contributed by atoms with E-state index in [0.717, 1.165) is 25.9 Å². The minimum absolute atomic E-state index is 0.0751. The van der Waals surface area contributed by atoms with Gasteiger partial charge in [0.15, 0.2) is 0 Å². The molecular formula is C13H17BrN2O3. The van der Waals surface area contributed by atoms with Gasteiger partial charge in [-0.15, -0.1) is 0 Å². The van der Waals surface area contributed by atoms with Gasteiger partial charge in [-0.05, 0) is 48.0 Å². The number of hydrogen-bond donors (Lipinski definition) is 2. The third kappa shape index (κ3) is 3.39. The highest BCUT2D eigenvalue weighted by Crippen LogP contribution is 2.32. The molecule has 0 bridgehead atoms. The predicted octanol–water partition coefficient (Wildman–Crippen LogP) is 2.20. The molecule has 0 atom stereocenters. The molecule has 1 saturated heterocycles. The number of hydrogen-bond acceptors (Lipinski definition) is 4. The van der Waals surface area contributed by atoms with Crippen LogP contribution in [0.25, 0.3) is 0 Å². The number of ether oxygens (including phenoxy) is 1. The summed E-state index contributed by atoms with van der Waals surface area (Å²) >= 11 is 3.36. The van der Waals surface area contributed by atoms with E-state index in [1.165, 1.54) is 6.07 Å². The summed E-state index contributed by atoms with van der Waals surface area (Å²) in [6.45, 7) is 1.98. The Morgan fingerprint density at radius 3 is 2.68 bits per heavy atom. The van der Waals surface area contributed by atoms with Gasteiger partial charge in [0, 0.05) is 18.8 Å². The number of likely N-dealkylation sites (tertiary alicyclic amines) is 1. The molecule has 0 spiro atoms. The average Bonchev–Trinajstić information content (AvgIpc) is 2.34. The van der Waals surface area contributed by atoms with Crippen molar-refractivity contribution in [2.45, 2.75) is 18.9 Å². The highest BCUT2D eigenvalue weighted by Gasteiger charge is 2.20. The Labute approximate surface area is 120 Å². The molecule has 0 unspecified atom stereocenters. The summed E-state index contributed by atoms with van der Waals surface area (Å²) in [6.07, 6.45) is 2.00. The van der Waals surface area contributed by atoms with Crippen LogP contribution in [-0.2, 0) is 0 Å². The summed E-state index contributed by atoms with van der Waals surface area (Å²) in [6, 6.07) is 3.06. The average molecular weight is 329 g/mol. The van der Waals surface area contributed by atoms with Gasteiger partial charge < -0.3 is 20.5 Å². The number of carboxylic acid groups (broad SMARTS) is 1. The van der Waals surface area contributed by atoms with Crippen molar-refractivity contribution in [3.8, 4) is 5.75 Å². The van der Waals surface area contributed by atoms with Crippen LogP contribution in [0.5, 0.6) is 5.75 Å². The summed E-state index contributed by atoms with van der Waals surface area (Å²) in [7, 11) is 2.08. The number of benzene rings is 1. The lowest BCUT2D eigenvalue weighted by molar-refractivity contribution is 0.0696. The standard InChI is InChI=1S/C13H17BrN2O3/c1-16-4-2-8(3-5-16)19-12-6-9(13(17)18)11(15)7-10(12)14/h6-8H,2-5,15H2,1H3,(H,17,18). The molecule has 0 saturated carbocycles. The molecule has 0 amide bonds. The first kappa shape index (κ1) is 14.1. The van der Waals surface area contributed by atoms with E-state index in [1.807, 2.05) is 0 Å². The van der Waals surface area contributed by atoms with E-state index in [2.05, 4.69) is 27.9 Å². The molecule has 0 aliphatic carbocycles. The number of rotatable bonds is 3. The van der Waals surface area contributed by atoms with Gasteiger partial charge in [0.1, 0.15) is 11.9 Å². The number of nitrogens with two attached hydrogens (primary N) is 1. The zero-order valence-electron chi connectivity index (χ0n) is 10.7. The zero-order chi connectivity index (χ0) is 14.0. The van der Waals surface area contributed by atoms with Gasteiger partial charge in [0.2, 0.25) is 0 Å². The van der Waals surface area contributed by atoms with Crippen molar-refractivity contribution >= 4 is 27.6 Å². The van der Waals surface area contributed by atoms with Gasteiger partial charge in [-0.25, -0.2) is 4.79 Å². The smallest absolute Gasteiger partial charge is 0.337 e. The van der Waals surface area contributed by atoms with Crippen molar-refractivity contribution in [1.29, 1.82) is 0 Å². The summed E-state index contributed by atoms with van der Waals surface area (Å²) in [4.78, 5) is 13.3. The second-order valence-corrected chi connectivity index (χ2v) is 5.65. The van der Waals surface area contributed by atoms with Crippen molar-refractivity contribution in [1.82, 2.24) is 4.90 Å². The Morgan fingerprint density at radius 1 is 1.47 bits per heavy atom. The SMILES string of the molecule is CN1CCC(Oc2cc(C(=O)O)c(N)cc2Br)CC1. The van der Waals surface area contributed by atoms with Crippen LogP contribution in [0.2, 0.25) is 0 Å². The quantitative estimate of drug-likeness (QED) is 0.832. The minimum Gasteiger partial charge on any atom is -0.489 e. The molecule has 1 aromatic rings. The minimum atomic E-state index is -1.04. The van der Waals surface area contributed by atoms with Crippen LogP contribution < -0.4 is 10.5 Å². The first-order valence-corrected chi connectivity index (χ1v) is 6.94. The van der Waals surface area contributed by atoms with Crippen LogP contribution in [0, 0.1) is 0 Å². The van der Waals surface area contributed by atoms with E-state index < -0.39 is 5.97 Å². The molecule has 3 N–H and O–H groups in total. The summed E-state index contributed by atoms with van der Waals surface area (Å²) in [5.74, 6) is -0.501. The van der Waals surface area contributed by atoms with E-state index in [4.69, 9.17) is 15.6 Å². The Hall–Kier alpha value is -1.27. The zero-order valence-corrected chi connectivity index (χ0v) is 12.3. The molecule has 2 rings (SSSR count). The summed E-state index contributed by atoms with van der Waals surface area (Å²) in [5, 5.41) is 9.06. The Balaban J connectivity index is 2.15. The van der Waals surface area contributed by atoms with E-state index in [9.17, 15) is 4.79 Å². The molecule has 1 aromatic carbocycles. The number of carbonyl (C=O) groups is 1. The van der Waals surface area contributed by atoms with E-state index >= 15 is 0 Å². The third-order valence-electron chi connectivity index (χ3n) is 3.29. The molecule has 1 heterocycles. The number of carboxylic acids is 1. The largest absolute Gasteiger partial charge is 0.489 e. The van der Waals surface area contributed by atoms with Gasteiger partial charge in [-0.3, -0.25) is 0 Å². The van der Waals surface area contributed by atoms with E-state index in [0.29, 0.717) is 10.2 Å². The highest BCUT2D eigenvalue weighted by atomic mass is 79.9. The number of halogens is 1. The normalized spacial score (nSPS) is 17.4. The fraction of sp³-hybridized carbons (Fsp3) is 0.462. The lowest BCUT2D eigenvalue weighted by atomic mass is 10.1. The maximum atomic E-state index is 11.1. The van der Waals surface area contributed by atoms with Gasteiger partial charge in [0.25, 0.3) is 0 Å². The number of nitrogens with zero attached hydrogens (tertiary/aromatic N) is 1. The highest BCUT2D eigenvalue weighted by molar-refractivity contribution is 9.10. The number of anilines is 1. The molecule has 19 heavy (non-hydrogen) atoms. The van der Waals surface area contributed by atoms with Gasteiger partial charge in [0.05, 0.1) is 10.0 Å². The third-order valence-corrected chi connectivity index (χ3v) is 3.91. The molecule has 1 aliphatic rings. The number of aromatic carboxylic acids is 1. The van der Waals surface area contributed by atoms with Gasteiger partial charge in [-0.1, -0.05) is 0 Å². The van der Waals surface area contributed by atoms with Crippen molar-refractivity contribution in [3.63, 3.8) is 0 Å². The van der Waals surface area contributed by atoms with Crippen LogP contribution >= 0.6 is 15.9 Å². The topological polar surface area (TPSA) is 75.8 Å². The molecular weight excluding hydrogens is 312 g/mol. The van der Waals surface area contributed by atoms with Crippen molar-refractivity contribution in [2.75, 3.05) is 25.9 Å². The van der Waals surface area contributed by atoms with Crippen LogP contribution in [0.1, 0.15) is 23.2 Å². The molecule has 0 aromatic heterocycles. The number of piperidine rings is 1. The Kier molecular flexibility index (Phi) is 4.31. The fourth-order valence-electron chi connectivity index (χ4n) is 2.13. The molecule has 5 nitrogen and oxygen atoms in total. The van der Waals surface area contributed by atoms with E-state index in [1.54, 1.807) is 6.07 Å². The molecule has 1 fully saturated rings. The fourth-order valence-corrected chi connectivity index (χ4v) is 2.58. The number of nitrogen functional groups attached to an aromatic ring is 1. The molecule has 0 radical (unpaired) electrons. The maximum absolute atomic E-state index is 11.1. The lowest BCUT2D eigenvalue weighted by Crippen LogP contribution is -2.35. The molecule has 104 valence electrons. The van der Waals surface area contributed by atoms with Crippen molar-refractivity contribution in [3.05, 3.63) is 22.2 Å². The van der Waals surface area contributed by atoms with E-state index in [-0.39, 0.29) is 17.4 Å². The second-order valence-electron chi connectivity index (χ2n) is 4.80. The van der Waals surface area contributed by atoms with Crippen LogP contribution in [-0.4, -0.2) is 42.2 Å². The van der Waals surface area contributed by atoms with Crippen LogP contribution in [0.3, 0.4) is 0 Å². The van der Waals surface area contributed by atoms with Crippen molar-refractivity contribution < 1.29 is 14.6 Å². The molecule has 1 aliphatic heterocycles. The van der Waals surface area contributed by atoms with Gasteiger partial charge in [-0.2, -0.15) is 0 Å². The Morgan fingerprint density at radius 2 is 2.11 bits per heavy atom. The Bertz CT molecular complexity index is 485.